The number of carbonyl (C=O) groups is 1. The molecule has 8 nitrogen and oxygen atoms in total. The molecule has 1 amide bonds. The number of benzene rings is 1. The maximum absolute atomic E-state index is 14.6. The zero-order valence-electron chi connectivity index (χ0n) is 16.6. The lowest BCUT2D eigenvalue weighted by Gasteiger charge is -2.30. The van der Waals surface area contributed by atoms with E-state index in [4.69, 9.17) is 16.9 Å². The number of aromatic nitrogens is 1. The fourth-order valence-corrected chi connectivity index (χ4v) is 3.37. The van der Waals surface area contributed by atoms with Gasteiger partial charge in [-0.1, -0.05) is 12.8 Å². The molecule has 0 saturated heterocycles. The highest BCUT2D eigenvalue weighted by atomic mass is 19.1. The maximum Gasteiger partial charge on any atom is 0.252 e. The molecule has 0 bridgehead atoms. The van der Waals surface area contributed by atoms with Gasteiger partial charge in [-0.25, -0.2) is 9.37 Å². The van der Waals surface area contributed by atoms with Gasteiger partial charge in [0.15, 0.2) is 11.6 Å². The van der Waals surface area contributed by atoms with E-state index >= 15 is 0 Å². The Morgan fingerprint density at radius 3 is 2.67 bits per heavy atom. The summed E-state index contributed by atoms with van der Waals surface area (Å²) in [4.78, 5) is 20.3. The van der Waals surface area contributed by atoms with Gasteiger partial charge < -0.3 is 27.5 Å². The lowest BCUT2D eigenvalue weighted by molar-refractivity contribution is 0.100. The average Bonchev–Trinajstić information content (AvgIpc) is 2.73. The number of nitrogens with one attached hydrogen (secondary N) is 3. The van der Waals surface area contributed by atoms with E-state index in [2.05, 4.69) is 20.6 Å². The molecule has 158 valence electrons. The Bertz CT molecular complexity index is 930. The standard InChI is InChI=1S/C21H26FN7O/c22-16-12-15(19(25)30)20(29-21(16)28-18-5-2-1-4-17(18)24)27-14-8-6-13(7-9-14)26-11-3-10-23/h6-12,17-18,23H,1-5,24H2,(H2,25,30)(H2,27,28,29)/t17-,18+/m0/s1. The molecule has 0 radical (unpaired) electrons. The summed E-state index contributed by atoms with van der Waals surface area (Å²) in [5, 5.41) is 13.1. The van der Waals surface area contributed by atoms with Gasteiger partial charge in [0.1, 0.15) is 5.82 Å². The molecule has 1 fully saturated rings. The van der Waals surface area contributed by atoms with Gasteiger partial charge in [-0.05, 0) is 43.2 Å². The van der Waals surface area contributed by atoms with Crippen LogP contribution in [0.3, 0.4) is 0 Å². The van der Waals surface area contributed by atoms with Gasteiger partial charge in [-0.2, -0.15) is 0 Å². The third kappa shape index (κ3) is 5.38. The van der Waals surface area contributed by atoms with Gasteiger partial charge in [0, 0.05) is 36.6 Å². The van der Waals surface area contributed by atoms with E-state index in [1.165, 1.54) is 6.21 Å². The molecule has 2 aromatic rings. The molecule has 1 aromatic carbocycles. The van der Waals surface area contributed by atoms with Crippen LogP contribution in [-0.2, 0) is 0 Å². The molecule has 0 spiro atoms. The van der Waals surface area contributed by atoms with Gasteiger partial charge in [0.05, 0.1) is 11.3 Å². The number of pyridine rings is 1. The van der Waals surface area contributed by atoms with E-state index in [0.717, 1.165) is 37.4 Å². The van der Waals surface area contributed by atoms with Crippen LogP contribution in [0.15, 0.2) is 35.3 Å². The summed E-state index contributed by atoms with van der Waals surface area (Å²) in [6.07, 6.45) is 7.14. The van der Waals surface area contributed by atoms with Crippen LogP contribution in [0.2, 0.25) is 0 Å². The van der Waals surface area contributed by atoms with Crippen molar-refractivity contribution in [3.63, 3.8) is 0 Å². The summed E-state index contributed by atoms with van der Waals surface area (Å²) in [5.74, 6) is -1.23. The number of primary amides is 1. The Morgan fingerprint density at radius 2 is 2.00 bits per heavy atom. The summed E-state index contributed by atoms with van der Waals surface area (Å²) < 4.78 is 14.6. The van der Waals surface area contributed by atoms with Crippen LogP contribution in [0.1, 0.15) is 42.5 Å². The first-order valence-corrected chi connectivity index (χ1v) is 9.89. The largest absolute Gasteiger partial charge is 0.365 e. The second kappa shape index (κ2) is 9.93. The molecule has 30 heavy (non-hydrogen) atoms. The average molecular weight is 411 g/mol. The molecule has 0 unspecified atom stereocenters. The Balaban J connectivity index is 1.83. The quantitative estimate of drug-likeness (QED) is 0.423. The zero-order chi connectivity index (χ0) is 21.5. The number of carbonyl (C=O) groups excluding carboxylic acids is 1. The van der Waals surface area contributed by atoms with Crippen molar-refractivity contribution >= 4 is 41.3 Å². The lowest BCUT2D eigenvalue weighted by Crippen LogP contribution is -2.43. The maximum atomic E-state index is 14.6. The van der Waals surface area contributed by atoms with Gasteiger partial charge in [0.2, 0.25) is 0 Å². The topological polar surface area (TPSA) is 142 Å². The second-order valence-corrected chi connectivity index (χ2v) is 7.20. The van der Waals surface area contributed by atoms with Crippen molar-refractivity contribution in [2.75, 3.05) is 10.6 Å². The third-order valence-electron chi connectivity index (χ3n) is 4.98. The number of nitrogens with two attached hydrogens (primary N) is 2. The molecular formula is C21H26FN7O. The van der Waals surface area contributed by atoms with E-state index in [-0.39, 0.29) is 29.3 Å². The number of rotatable bonds is 8. The van der Waals surface area contributed by atoms with E-state index in [9.17, 15) is 9.18 Å². The lowest BCUT2D eigenvalue weighted by atomic mass is 9.91. The van der Waals surface area contributed by atoms with Gasteiger partial charge in [-0.3, -0.25) is 9.79 Å². The highest BCUT2D eigenvalue weighted by Crippen LogP contribution is 2.27. The number of halogens is 1. The Kier molecular flexibility index (Phi) is 7.08. The minimum absolute atomic E-state index is 0.0396. The fraction of sp³-hybridized carbons (Fsp3) is 0.333. The number of amides is 1. The molecule has 1 saturated carbocycles. The van der Waals surface area contributed by atoms with Gasteiger partial charge in [-0.15, -0.1) is 0 Å². The molecule has 2 atom stereocenters. The highest BCUT2D eigenvalue weighted by molar-refractivity contribution is 5.98. The first-order valence-electron chi connectivity index (χ1n) is 9.89. The van der Waals surface area contributed by atoms with Gasteiger partial charge >= 0.3 is 0 Å². The van der Waals surface area contributed by atoms with Crippen LogP contribution >= 0.6 is 0 Å². The molecule has 1 aromatic heterocycles. The van der Waals surface area contributed by atoms with Crippen LogP contribution in [0, 0.1) is 11.2 Å². The Morgan fingerprint density at radius 1 is 1.27 bits per heavy atom. The molecule has 1 aliphatic rings. The number of aliphatic imine (C=N–C) groups is 1. The molecular weight excluding hydrogens is 385 g/mol. The van der Waals surface area contributed by atoms with Crippen LogP contribution in [-0.4, -0.2) is 35.4 Å². The number of hydrogen-bond donors (Lipinski definition) is 5. The monoisotopic (exact) mass is 411 g/mol. The van der Waals surface area contributed by atoms with Crippen molar-refractivity contribution in [1.29, 1.82) is 5.41 Å². The van der Waals surface area contributed by atoms with Crippen molar-refractivity contribution in [3.05, 3.63) is 41.7 Å². The molecule has 3 rings (SSSR count). The van der Waals surface area contributed by atoms with E-state index in [1.54, 1.807) is 30.5 Å². The molecule has 7 N–H and O–H groups in total. The minimum Gasteiger partial charge on any atom is -0.365 e. The summed E-state index contributed by atoms with van der Waals surface area (Å²) >= 11 is 0. The summed E-state index contributed by atoms with van der Waals surface area (Å²) in [6, 6.07) is 8.00. The van der Waals surface area contributed by atoms with Crippen molar-refractivity contribution in [1.82, 2.24) is 4.98 Å². The van der Waals surface area contributed by atoms with E-state index < -0.39 is 11.7 Å². The highest BCUT2D eigenvalue weighted by Gasteiger charge is 2.24. The van der Waals surface area contributed by atoms with Crippen molar-refractivity contribution in [3.8, 4) is 0 Å². The zero-order valence-corrected chi connectivity index (χ0v) is 16.6. The summed E-state index contributed by atoms with van der Waals surface area (Å²) in [7, 11) is 0. The Labute approximate surface area is 174 Å². The number of hydrogen-bond acceptors (Lipinski definition) is 7. The van der Waals surface area contributed by atoms with Crippen LogP contribution in [0.25, 0.3) is 0 Å². The molecule has 9 heteroatoms. The fourth-order valence-electron chi connectivity index (χ4n) is 3.37. The number of anilines is 3. The van der Waals surface area contributed by atoms with Crippen LogP contribution in [0.5, 0.6) is 0 Å². The van der Waals surface area contributed by atoms with Crippen molar-refractivity contribution in [2.24, 2.45) is 16.5 Å². The minimum atomic E-state index is -0.780. The molecule has 0 aliphatic heterocycles. The predicted octanol–water partition coefficient (Wildman–Crippen LogP) is 3.49. The van der Waals surface area contributed by atoms with Crippen molar-refractivity contribution < 1.29 is 9.18 Å². The van der Waals surface area contributed by atoms with E-state index in [1.807, 2.05) is 0 Å². The number of nitrogens with zero attached hydrogens (tertiary/aromatic N) is 2. The smallest absolute Gasteiger partial charge is 0.252 e. The van der Waals surface area contributed by atoms with Crippen LogP contribution in [0.4, 0.5) is 27.4 Å². The van der Waals surface area contributed by atoms with Crippen LogP contribution < -0.4 is 22.1 Å². The summed E-state index contributed by atoms with van der Waals surface area (Å²) in [5.41, 5.74) is 12.9. The normalized spacial score (nSPS) is 18.9. The van der Waals surface area contributed by atoms with Gasteiger partial charge in [0.25, 0.3) is 5.91 Å². The molecule has 1 aliphatic carbocycles. The first kappa shape index (κ1) is 21.4. The first-order chi connectivity index (χ1) is 14.5. The van der Waals surface area contributed by atoms with Crippen molar-refractivity contribution in [2.45, 2.75) is 44.2 Å². The molecule has 1 heterocycles. The Hall–Kier alpha value is -3.33. The summed E-state index contributed by atoms with van der Waals surface area (Å²) in [6.45, 7) is 0. The predicted molar refractivity (Wildman–Crippen MR) is 118 cm³/mol. The third-order valence-corrected chi connectivity index (χ3v) is 4.98. The SMILES string of the molecule is N=CCC=Nc1ccc(Nc2nc(N[C@@H]3CCCC[C@@H]3N)c(F)cc2C(N)=O)cc1. The second-order valence-electron chi connectivity index (χ2n) is 7.20. The van der Waals surface area contributed by atoms with E-state index in [0.29, 0.717) is 12.1 Å².